The van der Waals surface area contributed by atoms with Gasteiger partial charge in [-0.25, -0.2) is 0 Å². The van der Waals surface area contributed by atoms with Crippen molar-refractivity contribution in [2.45, 2.75) is 55.4 Å². The summed E-state index contributed by atoms with van der Waals surface area (Å²) in [5.74, 6) is 0. The van der Waals surface area contributed by atoms with Gasteiger partial charge in [0.1, 0.15) is 0 Å². The molecule has 0 bridgehead atoms. The molecule has 0 aromatic heterocycles. The number of hydrogen-bond acceptors (Lipinski definition) is 2. The Bertz CT molecular complexity index is 756. The Labute approximate surface area is 152 Å². The van der Waals surface area contributed by atoms with Crippen molar-refractivity contribution in [2.24, 2.45) is 0 Å². The fraction of sp³-hybridized carbons (Fsp3) is 0.348. The van der Waals surface area contributed by atoms with Crippen LogP contribution in [0.15, 0.2) is 35.7 Å². The SMILES string of the molecule is CC1=C(C)N(c2c(C)cc(C)cc2C)[C]N1c1c(C)cc(C)cc1C. The third-order valence-electron chi connectivity index (χ3n) is 5.11. The van der Waals surface area contributed by atoms with Gasteiger partial charge in [0.2, 0.25) is 6.67 Å². The van der Waals surface area contributed by atoms with E-state index >= 15 is 0 Å². The lowest BCUT2D eigenvalue weighted by Gasteiger charge is -2.27. The average molecular weight is 332 g/mol. The summed E-state index contributed by atoms with van der Waals surface area (Å²) in [4.78, 5) is 4.44. The van der Waals surface area contributed by atoms with Gasteiger partial charge in [0, 0.05) is 22.8 Å². The van der Waals surface area contributed by atoms with Crippen molar-refractivity contribution in [3.63, 3.8) is 0 Å². The van der Waals surface area contributed by atoms with E-state index in [-0.39, 0.29) is 0 Å². The molecule has 2 aromatic carbocycles. The molecule has 1 aliphatic heterocycles. The summed E-state index contributed by atoms with van der Waals surface area (Å²) < 4.78 is 0. The number of anilines is 2. The number of aryl methyl sites for hydroxylation is 6. The van der Waals surface area contributed by atoms with E-state index in [1.165, 1.54) is 56.1 Å². The topological polar surface area (TPSA) is 6.48 Å². The fourth-order valence-corrected chi connectivity index (χ4v) is 4.06. The van der Waals surface area contributed by atoms with Crippen molar-refractivity contribution in [1.29, 1.82) is 0 Å². The van der Waals surface area contributed by atoms with Gasteiger partial charge in [-0.2, -0.15) is 0 Å². The fourth-order valence-electron chi connectivity index (χ4n) is 4.06. The Hall–Kier alpha value is -2.22. The van der Waals surface area contributed by atoms with Gasteiger partial charge >= 0.3 is 0 Å². The predicted octanol–water partition coefficient (Wildman–Crippen LogP) is 6.11. The predicted molar refractivity (Wildman–Crippen MR) is 108 cm³/mol. The molecule has 2 nitrogen and oxygen atoms in total. The second kappa shape index (κ2) is 6.25. The Morgan fingerprint density at radius 1 is 0.520 bits per heavy atom. The lowest BCUT2D eigenvalue weighted by molar-refractivity contribution is 1.03. The standard InChI is InChI=1S/C23H28N2/c1-14-9-16(3)22(17(4)10-14)24-13-25(21(8)20(24)7)23-18(5)11-15(2)12-19(23)6/h9-12H,1-8H3. The first kappa shape index (κ1) is 17.6. The Morgan fingerprint density at radius 2 is 0.800 bits per heavy atom. The zero-order valence-electron chi connectivity index (χ0n) is 16.7. The number of rotatable bonds is 2. The second-order valence-electron chi connectivity index (χ2n) is 7.44. The minimum Gasteiger partial charge on any atom is -0.312 e. The van der Waals surface area contributed by atoms with E-state index < -0.39 is 0 Å². The van der Waals surface area contributed by atoms with Crippen LogP contribution in [0.25, 0.3) is 0 Å². The van der Waals surface area contributed by atoms with Gasteiger partial charge in [-0.05, 0) is 77.6 Å². The molecular weight excluding hydrogens is 304 g/mol. The first-order chi connectivity index (χ1) is 11.7. The van der Waals surface area contributed by atoms with E-state index in [0.29, 0.717) is 0 Å². The largest absolute Gasteiger partial charge is 0.312 e. The zero-order chi connectivity index (χ0) is 18.5. The molecule has 0 spiro atoms. The molecule has 0 amide bonds. The van der Waals surface area contributed by atoms with Crippen LogP contribution in [-0.2, 0) is 0 Å². The van der Waals surface area contributed by atoms with Crippen molar-refractivity contribution in [3.8, 4) is 0 Å². The maximum atomic E-state index is 3.62. The van der Waals surface area contributed by atoms with Gasteiger partial charge < -0.3 is 9.80 Å². The highest BCUT2D eigenvalue weighted by molar-refractivity contribution is 5.74. The Balaban J connectivity index is 2.08. The highest BCUT2D eigenvalue weighted by Crippen LogP contribution is 2.40. The maximum Gasteiger partial charge on any atom is 0.218 e. The molecule has 1 heterocycles. The van der Waals surface area contributed by atoms with Gasteiger partial charge in [-0.1, -0.05) is 35.4 Å². The van der Waals surface area contributed by atoms with Crippen molar-refractivity contribution in [2.75, 3.05) is 9.80 Å². The first-order valence-electron chi connectivity index (χ1n) is 8.90. The van der Waals surface area contributed by atoms with Gasteiger partial charge in [0.25, 0.3) is 0 Å². The van der Waals surface area contributed by atoms with Crippen LogP contribution in [0.4, 0.5) is 11.4 Å². The summed E-state index contributed by atoms with van der Waals surface area (Å²) in [6.07, 6.45) is 0. The summed E-state index contributed by atoms with van der Waals surface area (Å²) in [5, 5.41) is 0. The summed E-state index contributed by atoms with van der Waals surface area (Å²) in [5.41, 5.74) is 12.7. The van der Waals surface area contributed by atoms with Gasteiger partial charge in [-0.3, -0.25) is 0 Å². The average Bonchev–Trinajstić information content (AvgIpc) is 2.74. The molecule has 0 fully saturated rings. The van der Waals surface area contributed by atoms with Crippen molar-refractivity contribution < 1.29 is 0 Å². The van der Waals surface area contributed by atoms with Crippen LogP contribution < -0.4 is 9.80 Å². The van der Waals surface area contributed by atoms with Crippen molar-refractivity contribution >= 4 is 11.4 Å². The molecule has 0 atom stereocenters. The van der Waals surface area contributed by atoms with Crippen LogP contribution in [0.2, 0.25) is 0 Å². The zero-order valence-corrected chi connectivity index (χ0v) is 16.7. The van der Waals surface area contributed by atoms with Crippen molar-refractivity contribution in [1.82, 2.24) is 0 Å². The lowest BCUT2D eigenvalue weighted by Crippen LogP contribution is -2.23. The molecule has 2 heteroatoms. The Morgan fingerprint density at radius 3 is 1.08 bits per heavy atom. The van der Waals surface area contributed by atoms with Crippen LogP contribution >= 0.6 is 0 Å². The molecule has 3 rings (SSSR count). The number of allylic oxidation sites excluding steroid dienone is 2. The highest BCUT2D eigenvalue weighted by Gasteiger charge is 2.31. The summed E-state index contributed by atoms with van der Waals surface area (Å²) in [6.45, 7) is 21.0. The van der Waals surface area contributed by atoms with Gasteiger partial charge in [0.05, 0.1) is 0 Å². The minimum atomic E-state index is 1.23. The summed E-state index contributed by atoms with van der Waals surface area (Å²) >= 11 is 0. The number of benzene rings is 2. The molecule has 2 aromatic rings. The van der Waals surface area contributed by atoms with Crippen LogP contribution in [0.3, 0.4) is 0 Å². The number of nitrogens with zero attached hydrogens (tertiary/aromatic N) is 2. The second-order valence-corrected chi connectivity index (χ2v) is 7.44. The molecular formula is C23H28N2. The Kier molecular flexibility index (Phi) is 4.40. The molecule has 1 aliphatic rings. The molecule has 2 radical (unpaired) electrons. The molecule has 0 saturated carbocycles. The van der Waals surface area contributed by atoms with Crippen LogP contribution in [0, 0.1) is 48.2 Å². The minimum absolute atomic E-state index is 1.23. The van der Waals surface area contributed by atoms with Gasteiger partial charge in [-0.15, -0.1) is 0 Å². The van der Waals surface area contributed by atoms with Crippen LogP contribution in [-0.4, -0.2) is 0 Å². The van der Waals surface area contributed by atoms with E-state index in [9.17, 15) is 0 Å². The van der Waals surface area contributed by atoms with Crippen LogP contribution in [0.1, 0.15) is 47.2 Å². The third-order valence-corrected chi connectivity index (χ3v) is 5.11. The molecule has 0 unspecified atom stereocenters. The van der Waals surface area contributed by atoms with Crippen LogP contribution in [0.5, 0.6) is 0 Å². The lowest BCUT2D eigenvalue weighted by atomic mass is 10.0. The molecule has 130 valence electrons. The maximum absolute atomic E-state index is 3.62. The van der Waals surface area contributed by atoms with E-state index in [1.807, 2.05) is 0 Å². The summed E-state index contributed by atoms with van der Waals surface area (Å²) in [7, 11) is 0. The molecule has 0 saturated heterocycles. The van der Waals surface area contributed by atoms with E-state index in [0.717, 1.165) is 0 Å². The monoisotopic (exact) mass is 332 g/mol. The molecule has 0 N–H and O–H groups in total. The summed E-state index contributed by atoms with van der Waals surface area (Å²) in [6, 6.07) is 8.99. The smallest absolute Gasteiger partial charge is 0.218 e. The van der Waals surface area contributed by atoms with E-state index in [2.05, 4.69) is 96.1 Å². The van der Waals surface area contributed by atoms with E-state index in [1.54, 1.807) is 0 Å². The van der Waals surface area contributed by atoms with Gasteiger partial charge in [0.15, 0.2) is 0 Å². The molecule has 25 heavy (non-hydrogen) atoms. The third kappa shape index (κ3) is 2.95. The first-order valence-corrected chi connectivity index (χ1v) is 8.90. The highest BCUT2D eigenvalue weighted by atomic mass is 15.4. The normalized spacial score (nSPS) is 14.7. The number of hydrogen-bond donors (Lipinski definition) is 0. The quantitative estimate of drug-likeness (QED) is 0.654. The molecule has 0 aliphatic carbocycles. The van der Waals surface area contributed by atoms with Crippen molar-refractivity contribution in [3.05, 3.63) is 75.7 Å². The van der Waals surface area contributed by atoms with E-state index in [4.69, 9.17) is 0 Å².